The van der Waals surface area contributed by atoms with Crippen molar-refractivity contribution in [2.75, 3.05) is 19.5 Å². The Labute approximate surface area is 99.1 Å². The molecule has 0 saturated heterocycles. The smallest absolute Gasteiger partial charge is 0.216 e. The topological polar surface area (TPSA) is 72.8 Å². The molecule has 0 bridgehead atoms. The Balaban J connectivity index is 2.47. The normalized spacial score (nSPS) is 10.1. The molecule has 6 heteroatoms. The first-order valence-electron chi connectivity index (χ1n) is 5.13. The third-order valence-electron chi connectivity index (χ3n) is 2.19. The summed E-state index contributed by atoms with van der Waals surface area (Å²) in [5.41, 5.74) is 1.51. The van der Waals surface area contributed by atoms with Crippen LogP contribution < -0.4 is 10.1 Å². The van der Waals surface area contributed by atoms with Crippen LogP contribution in [-0.2, 0) is 0 Å². The number of nitrogens with one attached hydrogen (secondary N) is 1. The van der Waals surface area contributed by atoms with E-state index in [0.29, 0.717) is 17.4 Å². The number of anilines is 1. The maximum atomic E-state index is 5.04. The highest BCUT2D eigenvalue weighted by atomic mass is 16.5. The summed E-state index contributed by atoms with van der Waals surface area (Å²) in [6.45, 7) is 1.91. The minimum atomic E-state index is 0.492. The number of methoxy groups -OCH3 is 1. The maximum absolute atomic E-state index is 5.04. The number of rotatable bonds is 3. The van der Waals surface area contributed by atoms with Gasteiger partial charge in [0.2, 0.25) is 5.88 Å². The maximum Gasteiger partial charge on any atom is 0.216 e. The van der Waals surface area contributed by atoms with Crippen LogP contribution in [0, 0.1) is 6.92 Å². The molecule has 0 unspecified atom stereocenters. The molecule has 0 atom stereocenters. The largest absolute Gasteiger partial charge is 0.481 e. The molecule has 0 spiro atoms. The van der Waals surface area contributed by atoms with Gasteiger partial charge in [0, 0.05) is 24.9 Å². The molecule has 0 amide bonds. The standard InChI is InChI=1S/C11H13N5O/c1-7-4-9(12-2)16-11(15-7)8-5-10(17-3)14-6-13-8/h4-6H,1-3H3,(H,12,15,16). The number of hydrogen-bond donors (Lipinski definition) is 1. The molecule has 0 aromatic carbocycles. The van der Waals surface area contributed by atoms with Gasteiger partial charge in [-0.25, -0.2) is 19.9 Å². The minimum Gasteiger partial charge on any atom is -0.481 e. The van der Waals surface area contributed by atoms with Gasteiger partial charge in [-0.1, -0.05) is 0 Å². The van der Waals surface area contributed by atoms with Crippen molar-refractivity contribution in [3.05, 3.63) is 24.2 Å². The van der Waals surface area contributed by atoms with Crippen LogP contribution in [0.25, 0.3) is 11.5 Å². The molecule has 2 aromatic rings. The van der Waals surface area contributed by atoms with Gasteiger partial charge in [0.1, 0.15) is 17.8 Å². The van der Waals surface area contributed by atoms with Gasteiger partial charge in [0.05, 0.1) is 7.11 Å². The zero-order valence-electron chi connectivity index (χ0n) is 9.93. The van der Waals surface area contributed by atoms with E-state index < -0.39 is 0 Å². The van der Waals surface area contributed by atoms with Gasteiger partial charge in [0.15, 0.2) is 5.82 Å². The van der Waals surface area contributed by atoms with E-state index in [9.17, 15) is 0 Å². The molecule has 0 aliphatic heterocycles. The van der Waals surface area contributed by atoms with Gasteiger partial charge in [-0.15, -0.1) is 0 Å². The van der Waals surface area contributed by atoms with E-state index in [4.69, 9.17) is 4.74 Å². The van der Waals surface area contributed by atoms with E-state index in [-0.39, 0.29) is 0 Å². The molecule has 0 radical (unpaired) electrons. The number of ether oxygens (including phenoxy) is 1. The van der Waals surface area contributed by atoms with Crippen LogP contribution >= 0.6 is 0 Å². The van der Waals surface area contributed by atoms with E-state index in [1.807, 2.05) is 20.0 Å². The molecular weight excluding hydrogens is 218 g/mol. The van der Waals surface area contributed by atoms with Crippen molar-refractivity contribution < 1.29 is 4.74 Å². The van der Waals surface area contributed by atoms with Crippen molar-refractivity contribution in [1.29, 1.82) is 0 Å². The van der Waals surface area contributed by atoms with E-state index in [0.717, 1.165) is 11.5 Å². The fourth-order valence-electron chi connectivity index (χ4n) is 1.38. The lowest BCUT2D eigenvalue weighted by molar-refractivity contribution is 0.397. The van der Waals surface area contributed by atoms with Gasteiger partial charge in [-0.2, -0.15) is 0 Å². The second-order valence-electron chi connectivity index (χ2n) is 3.41. The van der Waals surface area contributed by atoms with Crippen LogP contribution in [0.3, 0.4) is 0 Å². The molecule has 6 nitrogen and oxygen atoms in total. The number of aryl methyl sites for hydroxylation is 1. The molecule has 1 N–H and O–H groups in total. The minimum absolute atomic E-state index is 0.492. The number of aromatic nitrogens is 4. The number of nitrogens with zero attached hydrogens (tertiary/aromatic N) is 4. The highest BCUT2D eigenvalue weighted by Gasteiger charge is 2.07. The molecule has 2 aromatic heterocycles. The highest BCUT2D eigenvalue weighted by Crippen LogP contribution is 2.18. The van der Waals surface area contributed by atoms with E-state index in [1.165, 1.54) is 6.33 Å². The van der Waals surface area contributed by atoms with E-state index in [1.54, 1.807) is 13.2 Å². The van der Waals surface area contributed by atoms with Crippen LogP contribution in [0.15, 0.2) is 18.5 Å². The molecular formula is C11H13N5O. The third-order valence-corrected chi connectivity index (χ3v) is 2.19. The number of hydrogen-bond acceptors (Lipinski definition) is 6. The van der Waals surface area contributed by atoms with Crippen LogP contribution in [0.5, 0.6) is 5.88 Å². The second-order valence-corrected chi connectivity index (χ2v) is 3.41. The molecule has 0 aliphatic rings. The summed E-state index contributed by atoms with van der Waals surface area (Å²) in [6.07, 6.45) is 1.43. The lowest BCUT2D eigenvalue weighted by atomic mass is 10.3. The third kappa shape index (κ3) is 2.47. The highest BCUT2D eigenvalue weighted by molar-refractivity contribution is 5.53. The molecule has 17 heavy (non-hydrogen) atoms. The molecule has 88 valence electrons. The van der Waals surface area contributed by atoms with E-state index >= 15 is 0 Å². The van der Waals surface area contributed by atoms with Gasteiger partial charge in [-0.3, -0.25) is 0 Å². The van der Waals surface area contributed by atoms with Crippen molar-refractivity contribution in [2.24, 2.45) is 0 Å². The van der Waals surface area contributed by atoms with Gasteiger partial charge in [0.25, 0.3) is 0 Å². The molecule has 2 rings (SSSR count). The Hall–Kier alpha value is -2.24. The van der Waals surface area contributed by atoms with Crippen LogP contribution in [0.1, 0.15) is 5.69 Å². The van der Waals surface area contributed by atoms with Crippen molar-refractivity contribution in [3.8, 4) is 17.4 Å². The van der Waals surface area contributed by atoms with Crippen LogP contribution in [-0.4, -0.2) is 34.1 Å². The average Bonchev–Trinajstić information content (AvgIpc) is 2.38. The first-order chi connectivity index (χ1) is 8.22. The van der Waals surface area contributed by atoms with Crippen LogP contribution in [0.2, 0.25) is 0 Å². The first kappa shape index (κ1) is 11.3. The molecule has 2 heterocycles. The molecule has 0 saturated carbocycles. The summed E-state index contributed by atoms with van der Waals surface area (Å²) in [4.78, 5) is 16.7. The Kier molecular flexibility index (Phi) is 3.13. The quantitative estimate of drug-likeness (QED) is 0.858. The summed E-state index contributed by atoms with van der Waals surface area (Å²) in [5.74, 6) is 1.80. The Bertz CT molecular complexity index is 529. The zero-order chi connectivity index (χ0) is 12.3. The summed E-state index contributed by atoms with van der Waals surface area (Å²) < 4.78 is 5.04. The van der Waals surface area contributed by atoms with Gasteiger partial charge < -0.3 is 10.1 Å². The zero-order valence-corrected chi connectivity index (χ0v) is 9.93. The lowest BCUT2D eigenvalue weighted by Crippen LogP contribution is -2.00. The van der Waals surface area contributed by atoms with Crippen molar-refractivity contribution >= 4 is 5.82 Å². The summed E-state index contributed by atoms with van der Waals surface area (Å²) >= 11 is 0. The second kappa shape index (κ2) is 4.73. The SMILES string of the molecule is CNc1cc(C)nc(-c2cc(OC)ncn2)n1. The van der Waals surface area contributed by atoms with Crippen molar-refractivity contribution in [3.63, 3.8) is 0 Å². The Morgan fingerprint density at radius 1 is 1.18 bits per heavy atom. The van der Waals surface area contributed by atoms with Gasteiger partial charge in [-0.05, 0) is 6.92 Å². The predicted molar refractivity (Wildman–Crippen MR) is 63.9 cm³/mol. The van der Waals surface area contributed by atoms with Gasteiger partial charge >= 0.3 is 0 Å². The molecule has 0 fully saturated rings. The summed E-state index contributed by atoms with van der Waals surface area (Å²) in [7, 11) is 3.37. The fraction of sp³-hybridized carbons (Fsp3) is 0.273. The molecule has 0 aliphatic carbocycles. The van der Waals surface area contributed by atoms with Crippen molar-refractivity contribution in [1.82, 2.24) is 19.9 Å². The van der Waals surface area contributed by atoms with Crippen molar-refractivity contribution in [2.45, 2.75) is 6.92 Å². The average molecular weight is 231 g/mol. The lowest BCUT2D eigenvalue weighted by Gasteiger charge is -2.05. The van der Waals surface area contributed by atoms with Crippen LogP contribution in [0.4, 0.5) is 5.82 Å². The van der Waals surface area contributed by atoms with E-state index in [2.05, 4.69) is 25.3 Å². The predicted octanol–water partition coefficient (Wildman–Crippen LogP) is 1.29. The Morgan fingerprint density at radius 3 is 2.71 bits per heavy atom. The first-order valence-corrected chi connectivity index (χ1v) is 5.13. The monoisotopic (exact) mass is 231 g/mol. The summed E-state index contributed by atoms with van der Waals surface area (Å²) in [6, 6.07) is 3.57. The summed E-state index contributed by atoms with van der Waals surface area (Å²) in [5, 5.41) is 2.98. The Morgan fingerprint density at radius 2 is 2.00 bits per heavy atom. The fourth-order valence-corrected chi connectivity index (χ4v) is 1.38.